The van der Waals surface area contributed by atoms with Crippen molar-refractivity contribution >= 4 is 5.91 Å². The van der Waals surface area contributed by atoms with Crippen molar-refractivity contribution < 1.29 is 23.4 Å². The van der Waals surface area contributed by atoms with E-state index in [1.807, 2.05) is 0 Å². The monoisotopic (exact) mass is 259 g/mol. The lowest BCUT2D eigenvalue weighted by Crippen LogP contribution is -2.41. The number of amides is 1. The molecule has 1 unspecified atom stereocenters. The van der Waals surface area contributed by atoms with Gasteiger partial charge in [-0.25, -0.2) is 8.78 Å². The van der Waals surface area contributed by atoms with E-state index in [0.29, 0.717) is 0 Å². The number of rotatable bonds is 5. The summed E-state index contributed by atoms with van der Waals surface area (Å²) in [5.74, 6) is -2.75. The molecular formula is C12H15F2NO3. The summed E-state index contributed by atoms with van der Waals surface area (Å²) in [6.07, 6.45) is 0. The zero-order chi connectivity index (χ0) is 13.7. The van der Waals surface area contributed by atoms with Crippen LogP contribution in [0, 0.1) is 18.6 Å². The van der Waals surface area contributed by atoms with Crippen molar-refractivity contribution in [3.05, 3.63) is 34.9 Å². The molecule has 2 N–H and O–H groups in total. The molecule has 0 aliphatic heterocycles. The topological polar surface area (TPSA) is 58.6 Å². The van der Waals surface area contributed by atoms with Crippen molar-refractivity contribution in [3.63, 3.8) is 0 Å². The van der Waals surface area contributed by atoms with E-state index in [4.69, 9.17) is 9.84 Å². The van der Waals surface area contributed by atoms with E-state index in [1.165, 1.54) is 20.1 Å². The highest BCUT2D eigenvalue weighted by atomic mass is 19.1. The Bertz CT molecular complexity index is 438. The van der Waals surface area contributed by atoms with Crippen molar-refractivity contribution in [2.24, 2.45) is 0 Å². The minimum absolute atomic E-state index is 0.0529. The van der Waals surface area contributed by atoms with Crippen LogP contribution in [-0.4, -0.2) is 37.4 Å². The minimum atomic E-state index is -0.940. The zero-order valence-corrected chi connectivity index (χ0v) is 10.2. The van der Waals surface area contributed by atoms with Crippen LogP contribution in [0.3, 0.4) is 0 Å². The van der Waals surface area contributed by atoms with Crippen LogP contribution in [0.2, 0.25) is 0 Å². The van der Waals surface area contributed by atoms with Crippen LogP contribution < -0.4 is 5.32 Å². The Kier molecular flexibility index (Phi) is 5.18. The SMILES string of the molecule is COCC(CO)NC(=O)c1c(F)ccc(C)c1F. The van der Waals surface area contributed by atoms with E-state index in [-0.39, 0.29) is 18.8 Å². The molecule has 0 aromatic heterocycles. The number of aliphatic hydroxyl groups excluding tert-OH is 1. The first-order valence-corrected chi connectivity index (χ1v) is 5.36. The van der Waals surface area contributed by atoms with Crippen molar-refractivity contribution in [1.82, 2.24) is 5.32 Å². The number of aliphatic hydroxyl groups is 1. The summed E-state index contributed by atoms with van der Waals surface area (Å²) >= 11 is 0. The van der Waals surface area contributed by atoms with Crippen molar-refractivity contribution in [2.45, 2.75) is 13.0 Å². The van der Waals surface area contributed by atoms with Gasteiger partial charge >= 0.3 is 0 Å². The maximum absolute atomic E-state index is 13.7. The van der Waals surface area contributed by atoms with E-state index >= 15 is 0 Å². The summed E-state index contributed by atoms with van der Waals surface area (Å²) in [7, 11) is 1.39. The largest absolute Gasteiger partial charge is 0.394 e. The fraction of sp³-hybridized carbons (Fsp3) is 0.417. The summed E-state index contributed by atoms with van der Waals surface area (Å²) in [6.45, 7) is 1.11. The van der Waals surface area contributed by atoms with Crippen LogP contribution in [0.4, 0.5) is 8.78 Å². The van der Waals surface area contributed by atoms with Gasteiger partial charge in [0.1, 0.15) is 17.2 Å². The average Bonchev–Trinajstić information content (AvgIpc) is 2.34. The number of carbonyl (C=O) groups is 1. The molecule has 0 radical (unpaired) electrons. The minimum Gasteiger partial charge on any atom is -0.394 e. The summed E-state index contributed by atoms with van der Waals surface area (Å²) < 4.78 is 31.8. The number of ether oxygens (including phenoxy) is 1. The van der Waals surface area contributed by atoms with Gasteiger partial charge in [-0.05, 0) is 18.6 Å². The predicted octanol–water partition coefficient (Wildman–Crippen LogP) is 1.01. The second-order valence-corrected chi connectivity index (χ2v) is 3.86. The first kappa shape index (κ1) is 14.5. The second kappa shape index (κ2) is 6.42. The maximum Gasteiger partial charge on any atom is 0.257 e. The van der Waals surface area contributed by atoms with Crippen molar-refractivity contribution in [1.29, 1.82) is 0 Å². The molecule has 0 aliphatic carbocycles. The summed E-state index contributed by atoms with van der Waals surface area (Å²) in [5.41, 5.74) is -0.474. The van der Waals surface area contributed by atoms with Crippen LogP contribution in [0.1, 0.15) is 15.9 Å². The molecule has 1 aromatic carbocycles. The van der Waals surface area contributed by atoms with Crippen LogP contribution in [0.5, 0.6) is 0 Å². The molecule has 0 aliphatic rings. The molecule has 18 heavy (non-hydrogen) atoms. The summed E-state index contributed by atoms with van der Waals surface area (Å²) in [5, 5.41) is 11.3. The van der Waals surface area contributed by atoms with Gasteiger partial charge in [-0.1, -0.05) is 6.07 Å². The van der Waals surface area contributed by atoms with Gasteiger partial charge in [0.15, 0.2) is 0 Å². The number of carbonyl (C=O) groups excluding carboxylic acids is 1. The standard InChI is InChI=1S/C12H15F2NO3/c1-7-3-4-9(13)10(11(7)14)12(17)15-8(5-16)6-18-2/h3-4,8,16H,5-6H2,1-2H3,(H,15,17). The molecule has 0 spiro atoms. The molecule has 0 fully saturated rings. The van der Waals surface area contributed by atoms with Crippen LogP contribution >= 0.6 is 0 Å². The molecule has 4 nitrogen and oxygen atoms in total. The van der Waals surface area contributed by atoms with Gasteiger partial charge < -0.3 is 15.2 Å². The molecule has 100 valence electrons. The number of benzene rings is 1. The van der Waals surface area contributed by atoms with Gasteiger partial charge in [0.2, 0.25) is 0 Å². The van der Waals surface area contributed by atoms with Crippen molar-refractivity contribution in [2.75, 3.05) is 20.3 Å². The molecule has 1 amide bonds. The molecule has 1 aromatic rings. The van der Waals surface area contributed by atoms with Gasteiger partial charge in [-0.3, -0.25) is 4.79 Å². The molecule has 0 heterocycles. The van der Waals surface area contributed by atoms with Gasteiger partial charge in [-0.2, -0.15) is 0 Å². The number of halogens is 2. The Labute approximate surface area is 104 Å². The maximum atomic E-state index is 13.7. The molecule has 1 rings (SSSR count). The Morgan fingerprint density at radius 3 is 2.72 bits per heavy atom. The van der Waals surface area contributed by atoms with Gasteiger partial charge in [0.05, 0.1) is 19.3 Å². The molecule has 1 atom stereocenters. The Hall–Kier alpha value is -1.53. The Morgan fingerprint density at radius 2 is 2.17 bits per heavy atom. The fourth-order valence-corrected chi connectivity index (χ4v) is 1.46. The normalized spacial score (nSPS) is 12.3. The third-order valence-corrected chi connectivity index (χ3v) is 2.43. The fourth-order valence-electron chi connectivity index (χ4n) is 1.46. The number of hydrogen-bond donors (Lipinski definition) is 2. The summed E-state index contributed by atoms with van der Waals surface area (Å²) in [6, 6.07) is 1.57. The highest BCUT2D eigenvalue weighted by Gasteiger charge is 2.21. The van der Waals surface area contributed by atoms with Gasteiger partial charge in [-0.15, -0.1) is 0 Å². The molecule has 0 saturated heterocycles. The van der Waals surface area contributed by atoms with E-state index in [9.17, 15) is 13.6 Å². The summed E-state index contributed by atoms with van der Waals surface area (Å²) in [4.78, 5) is 11.7. The smallest absolute Gasteiger partial charge is 0.257 e. The number of nitrogens with one attached hydrogen (secondary N) is 1. The number of aryl methyl sites for hydroxylation is 1. The highest BCUT2D eigenvalue weighted by Crippen LogP contribution is 2.16. The number of methoxy groups -OCH3 is 1. The average molecular weight is 259 g/mol. The predicted molar refractivity (Wildman–Crippen MR) is 61.3 cm³/mol. The lowest BCUT2D eigenvalue weighted by Gasteiger charge is -2.16. The van der Waals surface area contributed by atoms with Crippen LogP contribution in [0.15, 0.2) is 12.1 Å². The first-order chi connectivity index (χ1) is 8.51. The molecule has 0 saturated carbocycles. The lowest BCUT2D eigenvalue weighted by molar-refractivity contribution is 0.0831. The van der Waals surface area contributed by atoms with E-state index in [1.54, 1.807) is 0 Å². The first-order valence-electron chi connectivity index (χ1n) is 5.36. The molecule has 0 bridgehead atoms. The van der Waals surface area contributed by atoms with Crippen LogP contribution in [0.25, 0.3) is 0 Å². The quantitative estimate of drug-likeness (QED) is 0.829. The lowest BCUT2D eigenvalue weighted by atomic mass is 10.1. The number of hydrogen-bond acceptors (Lipinski definition) is 3. The van der Waals surface area contributed by atoms with E-state index in [0.717, 1.165) is 6.07 Å². The van der Waals surface area contributed by atoms with E-state index in [2.05, 4.69) is 5.32 Å². The molecule has 6 heteroatoms. The Morgan fingerprint density at radius 1 is 1.50 bits per heavy atom. The second-order valence-electron chi connectivity index (χ2n) is 3.86. The molecular weight excluding hydrogens is 244 g/mol. The van der Waals surface area contributed by atoms with Crippen molar-refractivity contribution in [3.8, 4) is 0 Å². The highest BCUT2D eigenvalue weighted by molar-refractivity contribution is 5.95. The third-order valence-electron chi connectivity index (χ3n) is 2.43. The van der Waals surface area contributed by atoms with Gasteiger partial charge in [0.25, 0.3) is 5.91 Å². The van der Waals surface area contributed by atoms with Gasteiger partial charge in [0, 0.05) is 7.11 Å². The van der Waals surface area contributed by atoms with E-state index < -0.39 is 29.1 Å². The third kappa shape index (κ3) is 3.24. The van der Waals surface area contributed by atoms with Crippen LogP contribution in [-0.2, 0) is 4.74 Å². The zero-order valence-electron chi connectivity index (χ0n) is 10.2. The Balaban J connectivity index is 2.93.